The molecule has 0 N–H and O–H groups in total. The van der Waals surface area contributed by atoms with Crippen molar-refractivity contribution in [2.45, 2.75) is 71.6 Å². The van der Waals surface area contributed by atoms with Crippen LogP contribution in [0.2, 0.25) is 0 Å². The van der Waals surface area contributed by atoms with Gasteiger partial charge in [0.2, 0.25) is 0 Å². The highest BCUT2D eigenvalue weighted by atomic mass is 14.3. The summed E-state index contributed by atoms with van der Waals surface area (Å²) in [6, 6.07) is 0. The lowest BCUT2D eigenvalue weighted by atomic mass is 9.71. The van der Waals surface area contributed by atoms with E-state index in [0.717, 1.165) is 23.7 Å². The monoisotopic (exact) mass is 208 g/mol. The van der Waals surface area contributed by atoms with Crippen LogP contribution in [0.4, 0.5) is 0 Å². The molecular formula is C15H28. The van der Waals surface area contributed by atoms with E-state index in [2.05, 4.69) is 13.8 Å². The average Bonchev–Trinajstić information content (AvgIpc) is 2.24. The molecular weight excluding hydrogens is 180 g/mol. The van der Waals surface area contributed by atoms with Crippen LogP contribution in [0.3, 0.4) is 0 Å². The molecule has 0 aromatic rings. The molecule has 15 heavy (non-hydrogen) atoms. The molecule has 0 aromatic heterocycles. The van der Waals surface area contributed by atoms with Gasteiger partial charge in [0.25, 0.3) is 0 Å². The first kappa shape index (κ1) is 11.5. The van der Waals surface area contributed by atoms with Crippen molar-refractivity contribution in [2.75, 3.05) is 0 Å². The zero-order chi connectivity index (χ0) is 10.7. The highest BCUT2D eigenvalue weighted by Gasteiger charge is 2.28. The Kier molecular flexibility index (Phi) is 4.11. The number of hydrogen-bond donors (Lipinski definition) is 0. The largest absolute Gasteiger partial charge is 0.0625 e. The van der Waals surface area contributed by atoms with Gasteiger partial charge in [0.1, 0.15) is 0 Å². The Morgan fingerprint density at radius 3 is 2.33 bits per heavy atom. The Labute approximate surface area is 95.8 Å². The Balaban J connectivity index is 1.95. The van der Waals surface area contributed by atoms with Gasteiger partial charge in [-0.1, -0.05) is 52.4 Å². The zero-order valence-corrected chi connectivity index (χ0v) is 10.7. The molecule has 3 aliphatic carbocycles. The Bertz CT molecular complexity index is 182. The maximum absolute atomic E-state index is 2.51. The van der Waals surface area contributed by atoms with Gasteiger partial charge in [0.05, 0.1) is 0 Å². The van der Waals surface area contributed by atoms with Crippen molar-refractivity contribution in [1.82, 2.24) is 0 Å². The van der Waals surface area contributed by atoms with Crippen LogP contribution in [0, 0.1) is 23.7 Å². The fourth-order valence-corrected chi connectivity index (χ4v) is 3.98. The predicted molar refractivity (Wildman–Crippen MR) is 66.9 cm³/mol. The summed E-state index contributed by atoms with van der Waals surface area (Å²) in [5.41, 5.74) is 0. The summed E-state index contributed by atoms with van der Waals surface area (Å²) in [4.78, 5) is 0. The van der Waals surface area contributed by atoms with Crippen molar-refractivity contribution < 1.29 is 0 Å². The maximum Gasteiger partial charge on any atom is -0.0388 e. The minimum atomic E-state index is 0.997. The van der Waals surface area contributed by atoms with Gasteiger partial charge < -0.3 is 0 Å². The van der Waals surface area contributed by atoms with Crippen LogP contribution in [-0.2, 0) is 0 Å². The van der Waals surface area contributed by atoms with E-state index in [1.54, 1.807) is 12.8 Å². The molecule has 0 saturated heterocycles. The van der Waals surface area contributed by atoms with E-state index >= 15 is 0 Å². The SMILES string of the molecule is CC1CCCCCC2CC[C@@H](C1)CC2C. The van der Waals surface area contributed by atoms with E-state index in [1.165, 1.54) is 44.9 Å². The second-order valence-electron chi connectivity index (χ2n) is 6.40. The van der Waals surface area contributed by atoms with Crippen LogP contribution in [0.15, 0.2) is 0 Å². The normalized spacial score (nSPS) is 43.6. The Morgan fingerprint density at radius 2 is 1.53 bits per heavy atom. The molecule has 0 amide bonds. The van der Waals surface area contributed by atoms with Crippen LogP contribution in [0.1, 0.15) is 71.6 Å². The first-order valence-electron chi connectivity index (χ1n) is 7.25. The summed E-state index contributed by atoms with van der Waals surface area (Å²) in [6.45, 7) is 4.99. The summed E-state index contributed by atoms with van der Waals surface area (Å²) in [5.74, 6) is 4.17. The topological polar surface area (TPSA) is 0 Å². The molecule has 0 nitrogen and oxygen atoms in total. The summed E-state index contributed by atoms with van der Waals surface area (Å²) in [7, 11) is 0. The quantitative estimate of drug-likeness (QED) is 0.524. The first-order chi connectivity index (χ1) is 7.25. The van der Waals surface area contributed by atoms with E-state index in [1.807, 2.05) is 0 Å². The molecule has 3 unspecified atom stereocenters. The zero-order valence-electron chi connectivity index (χ0n) is 10.7. The lowest BCUT2D eigenvalue weighted by molar-refractivity contribution is 0.166. The molecule has 3 fully saturated rings. The third-order valence-electron chi connectivity index (χ3n) is 4.96. The summed E-state index contributed by atoms with van der Waals surface area (Å²) < 4.78 is 0. The minimum Gasteiger partial charge on any atom is -0.0625 e. The van der Waals surface area contributed by atoms with E-state index < -0.39 is 0 Å². The molecule has 0 radical (unpaired) electrons. The van der Waals surface area contributed by atoms with Crippen molar-refractivity contribution in [3.63, 3.8) is 0 Å². The summed E-state index contributed by atoms with van der Waals surface area (Å²) in [5, 5.41) is 0. The molecule has 3 aliphatic rings. The second kappa shape index (κ2) is 5.37. The van der Waals surface area contributed by atoms with Crippen LogP contribution in [0.5, 0.6) is 0 Å². The van der Waals surface area contributed by atoms with E-state index in [0.29, 0.717) is 0 Å². The highest BCUT2D eigenvalue weighted by molar-refractivity contribution is 4.79. The number of fused-ring (bicyclic) bond motifs is 8. The number of rotatable bonds is 0. The molecule has 0 heteroatoms. The predicted octanol–water partition coefficient (Wildman–Crippen LogP) is 5.03. The maximum atomic E-state index is 2.51. The van der Waals surface area contributed by atoms with E-state index in [-0.39, 0.29) is 0 Å². The van der Waals surface area contributed by atoms with E-state index in [9.17, 15) is 0 Å². The minimum absolute atomic E-state index is 0.997. The van der Waals surface area contributed by atoms with Gasteiger partial charge in [-0.05, 0) is 42.9 Å². The molecule has 0 spiro atoms. The van der Waals surface area contributed by atoms with Gasteiger partial charge in [0, 0.05) is 0 Å². The molecule has 2 bridgehead atoms. The smallest absolute Gasteiger partial charge is 0.0388 e. The van der Waals surface area contributed by atoms with Crippen molar-refractivity contribution in [1.29, 1.82) is 0 Å². The van der Waals surface area contributed by atoms with E-state index in [4.69, 9.17) is 0 Å². The van der Waals surface area contributed by atoms with Crippen molar-refractivity contribution in [3.8, 4) is 0 Å². The van der Waals surface area contributed by atoms with Gasteiger partial charge in [-0.2, -0.15) is 0 Å². The highest BCUT2D eigenvalue weighted by Crippen LogP contribution is 2.40. The lowest BCUT2D eigenvalue weighted by Gasteiger charge is -2.35. The average molecular weight is 208 g/mol. The Hall–Kier alpha value is 0. The second-order valence-corrected chi connectivity index (χ2v) is 6.40. The van der Waals surface area contributed by atoms with Gasteiger partial charge in [0.15, 0.2) is 0 Å². The van der Waals surface area contributed by atoms with Crippen LogP contribution in [0.25, 0.3) is 0 Å². The van der Waals surface area contributed by atoms with Crippen molar-refractivity contribution in [2.24, 2.45) is 23.7 Å². The molecule has 3 rings (SSSR count). The van der Waals surface area contributed by atoms with Gasteiger partial charge in [-0.25, -0.2) is 0 Å². The summed E-state index contributed by atoms with van der Waals surface area (Å²) >= 11 is 0. The van der Waals surface area contributed by atoms with Crippen LogP contribution >= 0.6 is 0 Å². The lowest BCUT2D eigenvalue weighted by Crippen LogP contribution is -2.23. The third-order valence-corrected chi connectivity index (χ3v) is 4.96. The fraction of sp³-hybridized carbons (Fsp3) is 1.00. The first-order valence-corrected chi connectivity index (χ1v) is 7.25. The summed E-state index contributed by atoms with van der Waals surface area (Å²) in [6.07, 6.45) is 13.7. The van der Waals surface area contributed by atoms with Crippen molar-refractivity contribution in [3.05, 3.63) is 0 Å². The molecule has 88 valence electrons. The molecule has 0 aliphatic heterocycles. The van der Waals surface area contributed by atoms with Crippen LogP contribution < -0.4 is 0 Å². The van der Waals surface area contributed by atoms with Crippen molar-refractivity contribution >= 4 is 0 Å². The van der Waals surface area contributed by atoms with Crippen LogP contribution in [-0.4, -0.2) is 0 Å². The third kappa shape index (κ3) is 3.23. The van der Waals surface area contributed by atoms with Gasteiger partial charge in [-0.3, -0.25) is 0 Å². The van der Waals surface area contributed by atoms with Gasteiger partial charge in [-0.15, -0.1) is 0 Å². The Morgan fingerprint density at radius 1 is 0.733 bits per heavy atom. The standard InChI is InChI=1S/C15H28/c1-12-6-4-3-5-7-15-9-8-14(10-12)11-13(15)2/h12-15H,3-11H2,1-2H3/t12?,13?,14-,15?/m0/s1. The molecule has 0 aromatic carbocycles. The fourth-order valence-electron chi connectivity index (χ4n) is 3.98. The molecule has 0 heterocycles. The number of hydrogen-bond acceptors (Lipinski definition) is 0. The molecule has 3 saturated carbocycles. The molecule has 4 atom stereocenters. The van der Waals surface area contributed by atoms with Gasteiger partial charge >= 0.3 is 0 Å².